The molecule has 0 N–H and O–H groups in total. The summed E-state index contributed by atoms with van der Waals surface area (Å²) in [5, 5.41) is 0.305. The summed E-state index contributed by atoms with van der Waals surface area (Å²) in [7, 11) is 0. The molecular weight excluding hydrogens is 461 g/mol. The highest BCUT2D eigenvalue weighted by atomic mass is 19.4. The second kappa shape index (κ2) is 8.14. The number of fused-ring (bicyclic) bond motifs is 2. The van der Waals surface area contributed by atoms with Crippen LogP contribution in [-0.2, 0) is 12.7 Å². The summed E-state index contributed by atoms with van der Waals surface area (Å²) in [6.45, 7) is 5.78. The van der Waals surface area contributed by atoms with Gasteiger partial charge < -0.3 is 18.5 Å². The van der Waals surface area contributed by atoms with Crippen LogP contribution in [0, 0.1) is 6.92 Å². The van der Waals surface area contributed by atoms with Gasteiger partial charge in [0.2, 0.25) is 0 Å². The van der Waals surface area contributed by atoms with Crippen LogP contribution in [0.2, 0.25) is 0 Å². The molecule has 0 fully saturated rings. The van der Waals surface area contributed by atoms with Crippen molar-refractivity contribution in [2.75, 3.05) is 0 Å². The molecule has 35 heavy (non-hydrogen) atoms. The minimum atomic E-state index is -4.50. The van der Waals surface area contributed by atoms with Gasteiger partial charge in [0.1, 0.15) is 17.0 Å². The number of pyridine rings is 1. The van der Waals surface area contributed by atoms with Gasteiger partial charge in [0, 0.05) is 29.7 Å². The maximum atomic E-state index is 13.7. The normalized spacial score (nSPS) is 17.5. The fourth-order valence-corrected chi connectivity index (χ4v) is 4.77. The molecule has 1 aliphatic rings. The lowest BCUT2D eigenvalue weighted by molar-refractivity contribution is -0.137. The van der Waals surface area contributed by atoms with Crippen LogP contribution in [0.4, 0.5) is 13.2 Å². The van der Waals surface area contributed by atoms with E-state index in [1.54, 1.807) is 41.0 Å². The Labute approximate surface area is 198 Å². The Morgan fingerprint density at radius 1 is 1.17 bits per heavy atom. The number of imidazole rings is 1. The van der Waals surface area contributed by atoms with Crippen LogP contribution in [0.1, 0.15) is 53.6 Å². The highest BCUT2D eigenvalue weighted by Gasteiger charge is 2.35. The first-order chi connectivity index (χ1) is 16.6. The van der Waals surface area contributed by atoms with Crippen molar-refractivity contribution in [1.82, 2.24) is 19.0 Å². The first-order valence-corrected chi connectivity index (χ1v) is 11.2. The molecule has 0 saturated heterocycles. The van der Waals surface area contributed by atoms with Gasteiger partial charge in [-0.3, -0.25) is 9.59 Å². The third-order valence-corrected chi connectivity index (χ3v) is 6.64. The fourth-order valence-electron chi connectivity index (χ4n) is 4.77. The van der Waals surface area contributed by atoms with Crippen LogP contribution in [-0.4, -0.2) is 31.0 Å². The van der Waals surface area contributed by atoms with Gasteiger partial charge in [-0.15, -0.1) is 0 Å². The Hall–Kier alpha value is -3.82. The molecule has 2 atom stereocenters. The molecule has 0 radical (unpaired) electrons. The molecule has 2 unspecified atom stereocenters. The summed E-state index contributed by atoms with van der Waals surface area (Å²) in [4.78, 5) is 32.7. The van der Waals surface area contributed by atoms with Gasteiger partial charge in [-0.2, -0.15) is 13.2 Å². The lowest BCUT2D eigenvalue weighted by atomic mass is 10.0. The van der Waals surface area contributed by atoms with Crippen LogP contribution in [0.3, 0.4) is 0 Å². The van der Waals surface area contributed by atoms with Gasteiger partial charge in [0.05, 0.1) is 29.9 Å². The zero-order valence-electron chi connectivity index (χ0n) is 19.3. The van der Waals surface area contributed by atoms with E-state index in [1.165, 1.54) is 16.9 Å². The number of aromatic nitrogens is 3. The largest absolute Gasteiger partial charge is 0.464 e. The molecule has 0 aliphatic carbocycles. The summed E-state index contributed by atoms with van der Waals surface area (Å²) in [5.41, 5.74) is 1.08. The summed E-state index contributed by atoms with van der Waals surface area (Å²) in [5.74, 6) is -0.366. The number of halogens is 3. The number of nitrogens with zero attached hydrogens (tertiary/aromatic N) is 4. The van der Waals surface area contributed by atoms with Crippen molar-refractivity contribution < 1.29 is 22.4 Å². The van der Waals surface area contributed by atoms with Crippen molar-refractivity contribution in [3.63, 3.8) is 0 Å². The zero-order chi connectivity index (χ0) is 25.1. The molecule has 1 aromatic carbocycles. The Morgan fingerprint density at radius 3 is 2.63 bits per heavy atom. The Kier molecular flexibility index (Phi) is 5.34. The van der Waals surface area contributed by atoms with E-state index in [0.717, 1.165) is 17.8 Å². The standard InChI is InChI=1S/C25H23F3N4O3/c1-14-11-30(13-29-14)20-5-6-21-24(34)32(15(2)8-9-31(21)23(20)33)16(3)19-12-35-22-7-4-17(10-18(19)22)25(26,27)28/h4-7,10-13,15-16H,8-9H2,1-3H3. The number of aryl methyl sites for hydroxylation is 1. The van der Waals surface area contributed by atoms with Crippen molar-refractivity contribution in [3.8, 4) is 5.69 Å². The molecule has 1 amide bonds. The quantitative estimate of drug-likeness (QED) is 0.406. The van der Waals surface area contributed by atoms with Crippen LogP contribution in [0.25, 0.3) is 16.7 Å². The molecule has 0 bridgehead atoms. The molecule has 0 spiro atoms. The second-order valence-corrected chi connectivity index (χ2v) is 8.91. The minimum Gasteiger partial charge on any atom is -0.464 e. The minimum absolute atomic E-state index is 0.232. The maximum absolute atomic E-state index is 13.7. The van der Waals surface area contributed by atoms with Gasteiger partial charge >= 0.3 is 6.18 Å². The summed E-state index contributed by atoms with van der Waals surface area (Å²) in [6.07, 6.45) is 0.687. The van der Waals surface area contributed by atoms with E-state index in [9.17, 15) is 22.8 Å². The third-order valence-electron chi connectivity index (χ3n) is 6.64. The highest BCUT2D eigenvalue weighted by molar-refractivity contribution is 5.94. The SMILES string of the molecule is Cc1cn(-c2ccc3n(c2=O)CCC(C)N(C(C)c2coc4ccc(C(F)(F)F)cc24)C3=O)cn1. The van der Waals surface area contributed by atoms with E-state index in [0.29, 0.717) is 35.2 Å². The number of carbonyl (C=O) groups is 1. The van der Waals surface area contributed by atoms with Crippen molar-refractivity contribution in [1.29, 1.82) is 0 Å². The predicted octanol–water partition coefficient (Wildman–Crippen LogP) is 5.10. The van der Waals surface area contributed by atoms with Crippen LogP contribution in [0.15, 0.2) is 58.3 Å². The van der Waals surface area contributed by atoms with Crippen molar-refractivity contribution in [2.45, 2.75) is 52.0 Å². The molecular formula is C25H23F3N4O3. The third kappa shape index (κ3) is 3.82. The molecule has 1 aliphatic heterocycles. The van der Waals surface area contributed by atoms with E-state index in [2.05, 4.69) is 4.98 Å². The lowest BCUT2D eigenvalue weighted by Crippen LogP contribution is -2.40. The van der Waals surface area contributed by atoms with Gasteiger partial charge in [-0.05, 0) is 57.5 Å². The lowest BCUT2D eigenvalue weighted by Gasteiger charge is -2.33. The number of alkyl halides is 3. The second-order valence-electron chi connectivity index (χ2n) is 8.91. The van der Waals surface area contributed by atoms with Gasteiger partial charge in [-0.25, -0.2) is 4.98 Å². The topological polar surface area (TPSA) is 73.3 Å². The Balaban J connectivity index is 1.56. The van der Waals surface area contributed by atoms with Crippen LogP contribution >= 0.6 is 0 Å². The van der Waals surface area contributed by atoms with Gasteiger partial charge in [0.25, 0.3) is 11.5 Å². The first-order valence-electron chi connectivity index (χ1n) is 11.2. The van der Waals surface area contributed by atoms with E-state index in [-0.39, 0.29) is 23.2 Å². The van der Waals surface area contributed by atoms with Gasteiger partial charge in [0.15, 0.2) is 0 Å². The van der Waals surface area contributed by atoms with E-state index < -0.39 is 17.8 Å². The molecule has 5 rings (SSSR count). The molecule has 4 heterocycles. The van der Waals surface area contributed by atoms with Crippen molar-refractivity contribution in [2.24, 2.45) is 0 Å². The number of benzene rings is 1. The molecule has 182 valence electrons. The van der Waals surface area contributed by atoms with Crippen LogP contribution in [0.5, 0.6) is 0 Å². The number of hydrogen-bond acceptors (Lipinski definition) is 4. The first kappa shape index (κ1) is 22.9. The average molecular weight is 484 g/mol. The number of carbonyl (C=O) groups excluding carboxylic acids is 1. The molecule has 3 aromatic heterocycles. The molecule has 7 nitrogen and oxygen atoms in total. The number of amides is 1. The Bertz CT molecular complexity index is 1500. The number of rotatable bonds is 3. The summed E-state index contributed by atoms with van der Waals surface area (Å²) in [6, 6.07) is 5.66. The van der Waals surface area contributed by atoms with Crippen molar-refractivity contribution >= 4 is 16.9 Å². The summed E-state index contributed by atoms with van der Waals surface area (Å²) >= 11 is 0. The zero-order valence-corrected chi connectivity index (χ0v) is 19.3. The van der Waals surface area contributed by atoms with Crippen LogP contribution < -0.4 is 5.56 Å². The smallest absolute Gasteiger partial charge is 0.416 e. The van der Waals surface area contributed by atoms with E-state index in [1.807, 2.05) is 13.8 Å². The van der Waals surface area contributed by atoms with Crippen molar-refractivity contribution in [3.05, 3.63) is 82.0 Å². The summed E-state index contributed by atoms with van der Waals surface area (Å²) < 4.78 is 48.5. The predicted molar refractivity (Wildman–Crippen MR) is 122 cm³/mol. The van der Waals surface area contributed by atoms with E-state index in [4.69, 9.17) is 4.42 Å². The van der Waals surface area contributed by atoms with E-state index >= 15 is 0 Å². The number of furan rings is 1. The highest BCUT2D eigenvalue weighted by Crippen LogP contribution is 2.37. The maximum Gasteiger partial charge on any atom is 0.416 e. The molecule has 10 heteroatoms. The molecule has 4 aromatic rings. The number of hydrogen-bond donors (Lipinski definition) is 0. The Morgan fingerprint density at radius 2 is 1.94 bits per heavy atom. The fraction of sp³-hybridized carbons (Fsp3) is 0.320. The molecule has 0 saturated carbocycles. The van der Waals surface area contributed by atoms with Gasteiger partial charge in [-0.1, -0.05) is 0 Å². The monoisotopic (exact) mass is 484 g/mol. The average Bonchev–Trinajstić information content (AvgIpc) is 3.40.